The third-order valence-electron chi connectivity index (χ3n) is 2.65. The Kier molecular flexibility index (Phi) is 4.28. The Hall–Kier alpha value is -1.58. The summed E-state index contributed by atoms with van der Waals surface area (Å²) in [7, 11) is 0. The summed E-state index contributed by atoms with van der Waals surface area (Å²) in [6, 6.07) is 0. The van der Waals surface area contributed by atoms with Gasteiger partial charge < -0.3 is 9.47 Å². The maximum absolute atomic E-state index is 11.7. The number of esters is 2. The first-order valence-corrected chi connectivity index (χ1v) is 5.23. The highest BCUT2D eigenvalue weighted by Crippen LogP contribution is 2.43. The molecule has 1 aliphatic carbocycles. The molecule has 0 aliphatic heterocycles. The van der Waals surface area contributed by atoms with Gasteiger partial charge >= 0.3 is 11.9 Å². The molecule has 88 valence electrons. The van der Waals surface area contributed by atoms with Gasteiger partial charge in [0.25, 0.3) is 0 Å². The fraction of sp³-hybridized carbons (Fsp3) is 0.500. The Morgan fingerprint density at radius 3 is 1.75 bits per heavy atom. The first kappa shape index (κ1) is 12.5. The van der Waals surface area contributed by atoms with Crippen molar-refractivity contribution in [2.24, 2.45) is 5.41 Å². The van der Waals surface area contributed by atoms with Crippen molar-refractivity contribution in [3.63, 3.8) is 0 Å². The summed E-state index contributed by atoms with van der Waals surface area (Å²) >= 11 is 0. The molecule has 0 aromatic rings. The maximum atomic E-state index is 11.7. The van der Waals surface area contributed by atoms with Gasteiger partial charge in [-0.3, -0.25) is 9.59 Å². The lowest BCUT2D eigenvalue weighted by molar-refractivity contribution is -0.178. The molecular formula is C12H16O4. The Morgan fingerprint density at radius 2 is 1.50 bits per heavy atom. The van der Waals surface area contributed by atoms with Crippen LogP contribution in [0, 0.1) is 5.41 Å². The molecule has 0 aromatic carbocycles. The normalized spacial score (nSPS) is 16.8. The SMILES string of the molecule is C=CCOC(=O)C1(C(=O)OCC=C)CCC1. The molecule has 1 fully saturated rings. The Labute approximate surface area is 94.9 Å². The van der Waals surface area contributed by atoms with Crippen molar-refractivity contribution >= 4 is 11.9 Å². The van der Waals surface area contributed by atoms with E-state index in [1.54, 1.807) is 0 Å². The molecule has 16 heavy (non-hydrogen) atoms. The molecule has 4 nitrogen and oxygen atoms in total. The topological polar surface area (TPSA) is 52.6 Å². The predicted octanol–water partition coefficient (Wildman–Crippen LogP) is 1.62. The summed E-state index contributed by atoms with van der Waals surface area (Å²) < 4.78 is 9.83. The molecule has 0 spiro atoms. The van der Waals surface area contributed by atoms with E-state index in [1.807, 2.05) is 0 Å². The van der Waals surface area contributed by atoms with Gasteiger partial charge in [-0.15, -0.1) is 0 Å². The summed E-state index contributed by atoms with van der Waals surface area (Å²) in [6.07, 6.45) is 4.78. The monoisotopic (exact) mass is 224 g/mol. The standard InChI is InChI=1S/C12H16O4/c1-3-8-15-10(13)12(6-5-7-12)11(14)16-9-4-2/h3-4H,1-2,5-9H2. The molecule has 0 radical (unpaired) electrons. The molecule has 0 unspecified atom stereocenters. The predicted molar refractivity (Wildman–Crippen MR) is 58.6 cm³/mol. The summed E-state index contributed by atoms with van der Waals surface area (Å²) in [5.74, 6) is -1.01. The van der Waals surface area contributed by atoms with Crippen molar-refractivity contribution in [3.05, 3.63) is 25.3 Å². The van der Waals surface area contributed by atoms with Crippen LogP contribution in [0.2, 0.25) is 0 Å². The lowest BCUT2D eigenvalue weighted by atomic mass is 9.69. The largest absolute Gasteiger partial charge is 0.461 e. The zero-order valence-corrected chi connectivity index (χ0v) is 9.24. The fourth-order valence-electron chi connectivity index (χ4n) is 1.57. The molecule has 1 aliphatic rings. The van der Waals surface area contributed by atoms with Crippen LogP contribution in [0.3, 0.4) is 0 Å². The molecule has 0 saturated heterocycles. The highest BCUT2D eigenvalue weighted by atomic mass is 16.6. The van der Waals surface area contributed by atoms with Crippen LogP contribution < -0.4 is 0 Å². The smallest absolute Gasteiger partial charge is 0.323 e. The van der Waals surface area contributed by atoms with E-state index >= 15 is 0 Å². The van der Waals surface area contributed by atoms with E-state index in [4.69, 9.17) is 9.47 Å². The van der Waals surface area contributed by atoms with Crippen molar-refractivity contribution in [3.8, 4) is 0 Å². The van der Waals surface area contributed by atoms with E-state index < -0.39 is 17.4 Å². The van der Waals surface area contributed by atoms with Gasteiger partial charge in [0, 0.05) is 0 Å². The zero-order valence-electron chi connectivity index (χ0n) is 9.24. The summed E-state index contributed by atoms with van der Waals surface area (Å²) in [5, 5.41) is 0. The van der Waals surface area contributed by atoms with Crippen LogP contribution in [0.15, 0.2) is 25.3 Å². The minimum absolute atomic E-state index is 0.120. The van der Waals surface area contributed by atoms with Crippen LogP contribution in [-0.4, -0.2) is 25.2 Å². The molecule has 0 atom stereocenters. The molecular weight excluding hydrogens is 208 g/mol. The minimum Gasteiger partial charge on any atom is -0.461 e. The summed E-state index contributed by atoms with van der Waals surface area (Å²) in [5.41, 5.74) is -1.08. The first-order chi connectivity index (χ1) is 7.67. The Bertz CT molecular complexity index is 276. The lowest BCUT2D eigenvalue weighted by Crippen LogP contribution is -2.47. The average molecular weight is 224 g/mol. The summed E-state index contributed by atoms with van der Waals surface area (Å²) in [6.45, 7) is 7.13. The molecule has 0 aromatic heterocycles. The van der Waals surface area contributed by atoms with E-state index in [-0.39, 0.29) is 13.2 Å². The molecule has 1 rings (SSSR count). The second-order valence-corrected chi connectivity index (χ2v) is 3.71. The third kappa shape index (κ3) is 2.32. The minimum atomic E-state index is -1.08. The van der Waals surface area contributed by atoms with E-state index in [0.29, 0.717) is 12.8 Å². The number of hydrogen-bond donors (Lipinski definition) is 0. The van der Waals surface area contributed by atoms with Crippen LogP contribution in [-0.2, 0) is 19.1 Å². The summed E-state index contributed by atoms with van der Waals surface area (Å²) in [4.78, 5) is 23.4. The second kappa shape index (κ2) is 5.49. The van der Waals surface area contributed by atoms with Crippen molar-refractivity contribution in [2.45, 2.75) is 19.3 Å². The van der Waals surface area contributed by atoms with Crippen molar-refractivity contribution in [1.82, 2.24) is 0 Å². The molecule has 0 N–H and O–H groups in total. The molecule has 0 heterocycles. The van der Waals surface area contributed by atoms with Gasteiger partial charge in [-0.1, -0.05) is 25.3 Å². The first-order valence-electron chi connectivity index (χ1n) is 5.23. The van der Waals surface area contributed by atoms with Gasteiger partial charge in [-0.2, -0.15) is 0 Å². The molecule has 0 bridgehead atoms. The highest BCUT2D eigenvalue weighted by molar-refractivity contribution is 6.01. The van der Waals surface area contributed by atoms with Crippen LogP contribution in [0.5, 0.6) is 0 Å². The van der Waals surface area contributed by atoms with Gasteiger partial charge in [0.15, 0.2) is 5.41 Å². The van der Waals surface area contributed by atoms with Crippen LogP contribution in [0.4, 0.5) is 0 Å². The number of ether oxygens (including phenoxy) is 2. The van der Waals surface area contributed by atoms with Gasteiger partial charge in [0.2, 0.25) is 0 Å². The lowest BCUT2D eigenvalue weighted by Gasteiger charge is -2.36. The van der Waals surface area contributed by atoms with E-state index in [2.05, 4.69) is 13.2 Å². The second-order valence-electron chi connectivity index (χ2n) is 3.71. The van der Waals surface area contributed by atoms with Gasteiger partial charge in [0.1, 0.15) is 13.2 Å². The Balaban J connectivity index is 2.61. The highest BCUT2D eigenvalue weighted by Gasteiger charge is 2.53. The van der Waals surface area contributed by atoms with Gasteiger partial charge in [0.05, 0.1) is 0 Å². The van der Waals surface area contributed by atoms with E-state index in [0.717, 1.165) is 6.42 Å². The molecule has 1 saturated carbocycles. The van der Waals surface area contributed by atoms with Crippen LogP contribution in [0.1, 0.15) is 19.3 Å². The van der Waals surface area contributed by atoms with Crippen molar-refractivity contribution < 1.29 is 19.1 Å². The van der Waals surface area contributed by atoms with Crippen LogP contribution in [0.25, 0.3) is 0 Å². The van der Waals surface area contributed by atoms with E-state index in [9.17, 15) is 9.59 Å². The Morgan fingerprint density at radius 1 is 1.06 bits per heavy atom. The van der Waals surface area contributed by atoms with Gasteiger partial charge in [-0.25, -0.2) is 0 Å². The molecule has 4 heteroatoms. The van der Waals surface area contributed by atoms with Crippen molar-refractivity contribution in [1.29, 1.82) is 0 Å². The van der Waals surface area contributed by atoms with E-state index in [1.165, 1.54) is 12.2 Å². The molecule has 0 amide bonds. The van der Waals surface area contributed by atoms with Crippen molar-refractivity contribution in [2.75, 3.05) is 13.2 Å². The van der Waals surface area contributed by atoms with Crippen LogP contribution >= 0.6 is 0 Å². The number of rotatable bonds is 6. The third-order valence-corrected chi connectivity index (χ3v) is 2.65. The van der Waals surface area contributed by atoms with Gasteiger partial charge in [-0.05, 0) is 19.3 Å². The maximum Gasteiger partial charge on any atom is 0.323 e. The fourth-order valence-corrected chi connectivity index (χ4v) is 1.57. The number of carbonyl (C=O) groups is 2. The number of carbonyl (C=O) groups excluding carboxylic acids is 2. The number of hydrogen-bond acceptors (Lipinski definition) is 4. The zero-order chi connectivity index (χ0) is 12.0. The average Bonchev–Trinajstić information content (AvgIpc) is 2.21. The quantitative estimate of drug-likeness (QED) is 0.391.